The van der Waals surface area contributed by atoms with E-state index in [9.17, 15) is 0 Å². The molecule has 0 saturated heterocycles. The Morgan fingerprint density at radius 2 is 1.00 bits per heavy atom. The predicted octanol–water partition coefficient (Wildman–Crippen LogP) is -8.64. The molecule has 0 aromatic heterocycles. The molecular formula is C4H12N2Na2O3S4. The molecule has 0 spiro atoms. The van der Waals surface area contributed by atoms with Crippen molar-refractivity contribution in [2.24, 2.45) is 0 Å². The third-order valence-electron chi connectivity index (χ3n) is 0.664. The largest absolute Gasteiger partial charge is 1.00 e. The molecule has 0 amide bonds. The normalized spacial score (nSPS) is 5.60. The van der Waals surface area contributed by atoms with Crippen LogP contribution in [0.5, 0.6) is 0 Å². The molecule has 0 aromatic carbocycles. The molecule has 0 saturated carbocycles. The number of thiocarbonyl (C=S) groups is 2. The van der Waals surface area contributed by atoms with Gasteiger partial charge in [0.05, 0.1) is 0 Å². The first-order valence-electron chi connectivity index (χ1n) is 2.52. The van der Waals surface area contributed by atoms with Crippen molar-refractivity contribution >= 4 is 58.3 Å². The van der Waals surface area contributed by atoms with Crippen LogP contribution in [0.15, 0.2) is 0 Å². The van der Waals surface area contributed by atoms with Crippen LogP contribution in [-0.2, 0) is 25.3 Å². The Hall–Kier alpha value is 2.10. The maximum Gasteiger partial charge on any atom is 1.00 e. The predicted molar refractivity (Wildman–Crippen MR) is 66.8 cm³/mol. The molecule has 0 aliphatic carbocycles. The van der Waals surface area contributed by atoms with E-state index in [1.165, 1.54) is 0 Å². The van der Waals surface area contributed by atoms with E-state index < -0.39 is 0 Å². The third-order valence-corrected chi connectivity index (χ3v) is 1.24. The average molecular weight is 310 g/mol. The summed E-state index contributed by atoms with van der Waals surface area (Å²) in [5, 5.41) is 5.56. The van der Waals surface area contributed by atoms with E-state index in [1.54, 1.807) is 0 Å². The summed E-state index contributed by atoms with van der Waals surface area (Å²) < 4.78 is 0.745. The topological polar surface area (TPSA) is 119 Å². The van der Waals surface area contributed by atoms with E-state index >= 15 is 0 Å². The Morgan fingerprint density at radius 1 is 0.800 bits per heavy atom. The van der Waals surface area contributed by atoms with E-state index in [1.807, 2.05) is 0 Å². The Balaban J connectivity index is -0.0000000405. The molecule has 0 aliphatic heterocycles. The van der Waals surface area contributed by atoms with E-state index in [0.29, 0.717) is 21.7 Å². The van der Waals surface area contributed by atoms with Crippen LogP contribution in [0, 0.1) is 0 Å². The Kier molecular flexibility index (Phi) is 60.1. The van der Waals surface area contributed by atoms with Gasteiger partial charge in [0.1, 0.15) is 0 Å². The maximum atomic E-state index is 4.59. The van der Waals surface area contributed by atoms with E-state index in [4.69, 9.17) is 0 Å². The van der Waals surface area contributed by atoms with Crippen LogP contribution in [0.2, 0.25) is 0 Å². The van der Waals surface area contributed by atoms with Crippen molar-refractivity contribution in [2.75, 3.05) is 13.1 Å². The van der Waals surface area contributed by atoms with Gasteiger partial charge in [-0.2, -0.15) is 0 Å². The molecule has 0 fully saturated rings. The van der Waals surface area contributed by atoms with Gasteiger partial charge in [0.15, 0.2) is 0 Å². The zero-order valence-corrected chi connectivity index (χ0v) is 15.8. The molecule has 0 unspecified atom stereocenters. The van der Waals surface area contributed by atoms with Crippen molar-refractivity contribution in [3.63, 3.8) is 0 Å². The third kappa shape index (κ3) is 38.7. The van der Waals surface area contributed by atoms with Crippen LogP contribution in [0.4, 0.5) is 0 Å². The first-order valence-corrected chi connectivity index (χ1v) is 4.16. The second-order valence-corrected chi connectivity index (χ2v) is 3.58. The van der Waals surface area contributed by atoms with Gasteiger partial charge in [0.2, 0.25) is 0 Å². The summed E-state index contributed by atoms with van der Waals surface area (Å²) in [6.45, 7) is 1.33. The van der Waals surface area contributed by atoms with E-state index in [0.717, 1.165) is 0 Å². The molecule has 0 aromatic rings. The molecule has 0 rings (SSSR count). The molecule has 0 heterocycles. The number of hydrogen-bond donors (Lipinski definition) is 2. The Morgan fingerprint density at radius 3 is 1.13 bits per heavy atom. The molecule has 15 heavy (non-hydrogen) atoms. The van der Waals surface area contributed by atoms with Gasteiger partial charge in [-0.05, 0) is 0 Å². The monoisotopic (exact) mass is 310 g/mol. The van der Waals surface area contributed by atoms with Crippen molar-refractivity contribution in [1.29, 1.82) is 0 Å². The second kappa shape index (κ2) is 25.1. The standard InChI is InChI=1S/C4H8N2S4.2Na.3H2O/c7-3(8)5-1-2-6-4(9)10;;;;;/h1-2H2,(H2,5,7,8)(H2,6,9,10);;;3*1H2/q;2*+1;;;/p-2. The van der Waals surface area contributed by atoms with Crippen molar-refractivity contribution in [1.82, 2.24) is 10.6 Å². The van der Waals surface area contributed by atoms with Crippen molar-refractivity contribution in [3.8, 4) is 0 Å². The van der Waals surface area contributed by atoms with Gasteiger partial charge >= 0.3 is 59.1 Å². The number of rotatable bonds is 3. The zero-order chi connectivity index (χ0) is 7.98. The summed E-state index contributed by atoms with van der Waals surface area (Å²) in [5.41, 5.74) is 0. The average Bonchev–Trinajstić information content (AvgIpc) is 1.79. The first-order chi connectivity index (χ1) is 4.63. The zero-order valence-electron chi connectivity index (χ0n) is 8.55. The molecule has 82 valence electrons. The van der Waals surface area contributed by atoms with Crippen molar-refractivity contribution < 1.29 is 75.5 Å². The van der Waals surface area contributed by atoms with Gasteiger partial charge in [0, 0.05) is 13.1 Å². The van der Waals surface area contributed by atoms with Crippen LogP contribution in [0.25, 0.3) is 0 Å². The molecule has 5 nitrogen and oxygen atoms in total. The van der Waals surface area contributed by atoms with Crippen LogP contribution < -0.4 is 69.7 Å². The van der Waals surface area contributed by atoms with Crippen molar-refractivity contribution in [2.45, 2.75) is 0 Å². The molecule has 0 bridgehead atoms. The Bertz CT molecular complexity index is 138. The van der Waals surface area contributed by atoms with Crippen LogP contribution in [-0.4, -0.2) is 38.2 Å². The molecular weight excluding hydrogens is 298 g/mol. The fourth-order valence-corrected chi connectivity index (χ4v) is 0.737. The summed E-state index contributed by atoms with van der Waals surface area (Å²) in [7, 11) is 0. The van der Waals surface area contributed by atoms with Gasteiger partial charge in [0.25, 0.3) is 0 Å². The molecule has 0 aliphatic rings. The summed E-state index contributed by atoms with van der Waals surface area (Å²) in [5.74, 6) is 0. The molecule has 8 N–H and O–H groups in total. The van der Waals surface area contributed by atoms with Gasteiger partial charge in [-0.1, -0.05) is 8.64 Å². The molecule has 11 heteroatoms. The molecule has 0 radical (unpaired) electrons. The SMILES string of the molecule is O.O.O.S=C([S-])NCCNC(=S)[S-].[Na+].[Na+]. The Labute approximate surface area is 155 Å². The minimum Gasteiger partial charge on any atom is -0.412 e. The second-order valence-electron chi connectivity index (χ2n) is 1.43. The van der Waals surface area contributed by atoms with Gasteiger partial charge < -0.3 is 76.8 Å². The van der Waals surface area contributed by atoms with E-state index in [2.05, 4.69) is 60.3 Å². The van der Waals surface area contributed by atoms with Gasteiger partial charge in [-0.15, -0.1) is 0 Å². The van der Waals surface area contributed by atoms with Crippen molar-refractivity contribution in [3.05, 3.63) is 0 Å². The number of nitrogens with one attached hydrogen (secondary N) is 2. The molecule has 0 atom stereocenters. The van der Waals surface area contributed by atoms with Gasteiger partial charge in [-0.25, -0.2) is 0 Å². The number of hydrogen-bond acceptors (Lipinski definition) is 4. The summed E-state index contributed by atoms with van der Waals surface area (Å²) in [6, 6.07) is 0. The van der Waals surface area contributed by atoms with Crippen LogP contribution in [0.3, 0.4) is 0 Å². The minimum atomic E-state index is 0. The summed E-state index contributed by atoms with van der Waals surface area (Å²) >= 11 is 18.4. The first kappa shape index (κ1) is 36.0. The fourth-order valence-electron chi connectivity index (χ4n) is 0.329. The van der Waals surface area contributed by atoms with Gasteiger partial charge in [-0.3, -0.25) is 0 Å². The maximum absolute atomic E-state index is 4.59. The fraction of sp³-hybridized carbons (Fsp3) is 0.500. The quantitative estimate of drug-likeness (QED) is 0.231. The minimum absolute atomic E-state index is 0. The van der Waals surface area contributed by atoms with Crippen LogP contribution in [0.1, 0.15) is 0 Å². The smallest absolute Gasteiger partial charge is 0.412 e. The van der Waals surface area contributed by atoms with Crippen LogP contribution >= 0.6 is 24.4 Å². The summed E-state index contributed by atoms with van der Waals surface area (Å²) in [4.78, 5) is 0. The summed E-state index contributed by atoms with van der Waals surface area (Å²) in [6.07, 6.45) is 0. The van der Waals surface area contributed by atoms with E-state index in [-0.39, 0.29) is 75.5 Å².